The summed E-state index contributed by atoms with van der Waals surface area (Å²) in [6.45, 7) is 5.27. The van der Waals surface area contributed by atoms with Crippen molar-refractivity contribution in [2.24, 2.45) is 33.8 Å². The molecule has 108 heavy (non-hydrogen) atoms. The summed E-state index contributed by atoms with van der Waals surface area (Å²) < 4.78 is 0. The van der Waals surface area contributed by atoms with Gasteiger partial charge < -0.3 is 100 Å². The number of rotatable bonds is 39. The maximum atomic E-state index is 15.3. The first-order chi connectivity index (χ1) is 51.8. The Kier molecular flexibility index (Phi) is 31.4. The zero-order chi connectivity index (χ0) is 78.3. The number of carboxylic acids is 1. The van der Waals surface area contributed by atoms with Crippen molar-refractivity contribution in [1.82, 2.24) is 67.2 Å². The van der Waals surface area contributed by atoms with Crippen molar-refractivity contribution in [3.8, 4) is 0 Å². The number of nitrogens with one attached hydrogen (secondary N) is 10. The van der Waals surface area contributed by atoms with Gasteiger partial charge >= 0.3 is 5.97 Å². The van der Waals surface area contributed by atoms with Gasteiger partial charge in [0.25, 0.3) is 0 Å². The first kappa shape index (κ1) is 83.9. The average Bonchev–Trinajstić information content (AvgIpc) is 1.63. The molecular weight excluding hydrogens is 1430 g/mol. The number of fused-ring (bicyclic) bond motifs is 2. The van der Waals surface area contributed by atoms with Crippen LogP contribution in [-0.4, -0.2) is 235 Å². The minimum absolute atomic E-state index is 0.000684. The van der Waals surface area contributed by atoms with E-state index in [1.54, 1.807) is 62.6 Å². The molecule has 5 heterocycles. The maximum Gasteiger partial charge on any atom is 0.327 e. The Morgan fingerprint density at radius 1 is 0.528 bits per heavy atom. The van der Waals surface area contributed by atoms with Crippen molar-refractivity contribution in [2.75, 3.05) is 44.2 Å². The number of aliphatic hydroxyl groups is 1. The molecule has 0 aliphatic carbocycles. The van der Waals surface area contributed by atoms with Gasteiger partial charge in [-0.05, 0) is 119 Å². The van der Waals surface area contributed by atoms with E-state index in [0.717, 1.165) is 21.8 Å². The molecule has 3 saturated heterocycles. The molecule has 0 spiro atoms. The third kappa shape index (κ3) is 22.2. The molecule has 3 aliphatic heterocycles. The van der Waals surface area contributed by atoms with Crippen LogP contribution in [0.4, 0.5) is 0 Å². The molecule has 3 fully saturated rings. The lowest BCUT2D eigenvalue weighted by Gasteiger charge is -2.32. The molecule has 11 amide bonds. The minimum atomic E-state index is -1.66. The lowest BCUT2D eigenvalue weighted by molar-refractivity contribution is -0.145. The Labute approximate surface area is 637 Å². The largest absolute Gasteiger partial charge is 0.480 e. The number of para-hydroxylation sites is 2. The van der Waals surface area contributed by atoms with Gasteiger partial charge in [-0.3, -0.25) is 57.7 Å². The summed E-state index contributed by atoms with van der Waals surface area (Å²) in [5, 5.41) is 44.3. The highest BCUT2D eigenvalue weighted by molar-refractivity contribution is 7.80. The summed E-state index contributed by atoms with van der Waals surface area (Å²) in [4.78, 5) is 187. The molecule has 0 saturated carbocycles. The first-order valence-corrected chi connectivity index (χ1v) is 38.2. The number of carboxylic acid groups (broad SMARTS) is 1. The van der Waals surface area contributed by atoms with E-state index in [9.17, 15) is 43.8 Å². The van der Waals surface area contributed by atoms with Gasteiger partial charge in [0.15, 0.2) is 5.96 Å². The van der Waals surface area contributed by atoms with Crippen LogP contribution in [0.25, 0.3) is 21.8 Å². The standard InChI is InChI=1S/C74H104N18O14S2/c1-4-41(2)60(88-62(94)48(76)39-107)68(100)89-61(42(3)93)69(101)86-55(36-45-38-81-50-23-11-9-21-47(45)50)72(104)91-32-16-26-57(91)65(97)84-53(34-43-18-6-5-7-19-43)64(96)82-51(24-12-13-29-75)63(95)83-52(25-14-30-79-74(77)78)70(102)90-31-15-27-58(90)66(98)85-54(35-44-37-80-49-22-10-8-20-46(44)49)71(103)92-33-17-28-59(92)67(99)87-56(40-108)73(105)106/h5-11,18-23,37-38,41-42,48,51-61,80-81,93,107-108H,4,12-17,24-36,39-40,75-76H2,1-3H3,(H,82,96)(H,83,95)(H,84,97)(H,85,98)(H,86,101)(H,87,99)(H,88,94)(H,89,100)(H,105,106)(H4,77,78,79)/t41-,42+,48-,51-,52-,53-,54-,55-,56-,57-,58-,59-,60-,61-/m0/s1. The van der Waals surface area contributed by atoms with E-state index in [1.165, 1.54) is 21.6 Å². The lowest BCUT2D eigenvalue weighted by Crippen LogP contribution is -2.62. The highest BCUT2D eigenvalue weighted by Gasteiger charge is 2.45. The SMILES string of the molecule is CC[C@H](C)[C@H](NC(=O)[C@@H](N)CS)C(=O)N[C@H](C(=O)N[C@@H](Cc1c[nH]c2ccccc12)C(=O)N1CCC[C@H]1C(=O)N[C@@H](Cc1ccccc1)C(=O)N[C@@H](CCCCN)C(=O)N[C@@H](CCCN=C(N)N)C(=O)N1CCC[C@H]1C(=O)N[C@@H](Cc1c[nH]c2ccccc12)C(=O)N1CCC[C@H]1C(=O)N[C@@H](CS)C(=O)O)[C@@H](C)O. The summed E-state index contributed by atoms with van der Waals surface area (Å²) in [7, 11) is 0. The number of aliphatic carboxylic acids is 1. The van der Waals surface area contributed by atoms with E-state index in [1.807, 2.05) is 42.5 Å². The number of likely N-dealkylation sites (tertiary alicyclic amines) is 3. The molecule has 8 rings (SSSR count). The number of benzene rings is 3. The summed E-state index contributed by atoms with van der Waals surface area (Å²) in [6, 6.07) is 7.85. The Balaban J connectivity index is 1.03. The number of aromatic nitrogens is 2. The molecule has 3 aromatic carbocycles. The Hall–Kier alpha value is -9.77. The van der Waals surface area contributed by atoms with Gasteiger partial charge in [0.1, 0.15) is 66.5 Å². The normalized spacial score (nSPS) is 18.7. The number of nitrogens with zero attached hydrogens (tertiary/aromatic N) is 4. The predicted molar refractivity (Wildman–Crippen MR) is 411 cm³/mol. The number of thiol groups is 2. The second kappa shape index (κ2) is 40.4. The molecule has 5 aromatic rings. The molecule has 20 N–H and O–H groups in total. The van der Waals surface area contributed by atoms with Crippen LogP contribution >= 0.6 is 25.3 Å². The van der Waals surface area contributed by atoms with Crippen LogP contribution in [0.3, 0.4) is 0 Å². The van der Waals surface area contributed by atoms with Crippen LogP contribution in [0, 0.1) is 5.92 Å². The molecule has 0 unspecified atom stereocenters. The number of carbonyl (C=O) groups is 12. The quantitative estimate of drug-likeness (QED) is 0.0101. The van der Waals surface area contributed by atoms with Crippen LogP contribution in [0.1, 0.15) is 115 Å². The Morgan fingerprint density at radius 3 is 1.46 bits per heavy atom. The number of hydrogen-bond acceptors (Lipinski definition) is 18. The molecule has 34 heteroatoms. The molecule has 0 bridgehead atoms. The number of aliphatic imine (C=N–C) groups is 1. The predicted octanol–water partition coefficient (Wildman–Crippen LogP) is -0.591. The fraction of sp³-hybridized carbons (Fsp3) is 0.527. The van der Waals surface area contributed by atoms with E-state index in [2.05, 4.69) is 82.8 Å². The summed E-state index contributed by atoms with van der Waals surface area (Å²) >= 11 is 8.19. The topological polar surface area (TPSA) is 499 Å². The number of H-pyrrole nitrogens is 2. The molecule has 32 nitrogen and oxygen atoms in total. The molecule has 0 radical (unpaired) electrons. The Morgan fingerprint density at radius 2 is 0.972 bits per heavy atom. The second-order valence-corrected chi connectivity index (χ2v) is 28.6. The van der Waals surface area contributed by atoms with Gasteiger partial charge in [-0.1, -0.05) is 87.0 Å². The van der Waals surface area contributed by atoms with E-state index < -0.39 is 155 Å². The number of nitrogens with two attached hydrogens (primary N) is 4. The van der Waals surface area contributed by atoms with Crippen LogP contribution in [-0.2, 0) is 76.8 Å². The van der Waals surface area contributed by atoms with Crippen molar-refractivity contribution in [1.29, 1.82) is 0 Å². The van der Waals surface area contributed by atoms with Gasteiger partial charge in [-0.15, -0.1) is 0 Å². The maximum absolute atomic E-state index is 15.3. The van der Waals surface area contributed by atoms with Crippen molar-refractivity contribution in [3.63, 3.8) is 0 Å². The van der Waals surface area contributed by atoms with E-state index in [4.69, 9.17) is 22.9 Å². The van der Waals surface area contributed by atoms with Crippen molar-refractivity contribution in [2.45, 2.75) is 196 Å². The number of aromatic amines is 2. The number of hydrogen-bond donors (Lipinski definition) is 18. The van der Waals surface area contributed by atoms with E-state index >= 15 is 24.0 Å². The number of unbranched alkanes of at least 4 members (excludes halogenated alkanes) is 1. The summed E-state index contributed by atoms with van der Waals surface area (Å²) in [6.07, 6.45) is 4.38. The lowest BCUT2D eigenvalue weighted by atomic mass is 9.97. The zero-order valence-corrected chi connectivity index (χ0v) is 62.9. The fourth-order valence-corrected chi connectivity index (χ4v) is 14.4. The average molecular weight is 1530 g/mol. The Bertz CT molecular complexity index is 4010. The van der Waals surface area contributed by atoms with Crippen LogP contribution < -0.4 is 65.5 Å². The number of amides is 11. The number of guanidine groups is 1. The molecule has 3 aliphatic rings. The monoisotopic (exact) mass is 1530 g/mol. The first-order valence-electron chi connectivity index (χ1n) is 36.9. The van der Waals surface area contributed by atoms with Crippen molar-refractivity contribution >= 4 is 124 Å². The fourth-order valence-electron chi connectivity index (χ4n) is 14.0. The smallest absolute Gasteiger partial charge is 0.327 e. The van der Waals surface area contributed by atoms with E-state index in [0.29, 0.717) is 55.2 Å². The van der Waals surface area contributed by atoms with Crippen LogP contribution in [0.5, 0.6) is 0 Å². The highest BCUT2D eigenvalue weighted by Crippen LogP contribution is 2.28. The summed E-state index contributed by atoms with van der Waals surface area (Å²) in [5.41, 5.74) is 26.6. The van der Waals surface area contributed by atoms with Gasteiger partial charge in [0.05, 0.1) is 12.1 Å². The molecule has 2 aromatic heterocycles. The van der Waals surface area contributed by atoms with Gasteiger partial charge in [0, 0.05) is 91.1 Å². The van der Waals surface area contributed by atoms with E-state index in [-0.39, 0.29) is 108 Å². The van der Waals surface area contributed by atoms with Gasteiger partial charge in [-0.25, -0.2) is 4.79 Å². The third-order valence-corrected chi connectivity index (χ3v) is 20.9. The van der Waals surface area contributed by atoms with Crippen LogP contribution in [0.15, 0.2) is 96.2 Å². The number of aliphatic hydroxyl groups excluding tert-OH is 1. The summed E-state index contributed by atoms with van der Waals surface area (Å²) in [5.74, 6) is -10.3. The van der Waals surface area contributed by atoms with Crippen molar-refractivity contribution in [3.05, 3.63) is 108 Å². The minimum Gasteiger partial charge on any atom is -0.480 e. The number of carbonyl (C=O) groups excluding carboxylic acids is 11. The van der Waals surface area contributed by atoms with Crippen molar-refractivity contribution < 1.29 is 67.7 Å². The molecule has 586 valence electrons. The molecule has 14 atom stereocenters. The zero-order valence-electron chi connectivity index (χ0n) is 61.1. The molecular formula is C74H104N18O14S2. The van der Waals surface area contributed by atoms with Crippen LogP contribution in [0.2, 0.25) is 0 Å². The second-order valence-electron chi connectivity index (χ2n) is 27.9. The van der Waals surface area contributed by atoms with Gasteiger partial charge in [-0.2, -0.15) is 25.3 Å². The third-order valence-electron chi connectivity index (χ3n) is 20.2. The highest BCUT2D eigenvalue weighted by atomic mass is 32.1. The van der Waals surface area contributed by atoms with Gasteiger partial charge in [0.2, 0.25) is 65.0 Å².